The Morgan fingerprint density at radius 1 is 1.18 bits per heavy atom. The van der Waals surface area contributed by atoms with E-state index < -0.39 is 75.2 Å². The highest BCUT2D eigenvalue weighted by Crippen LogP contribution is 2.70. The van der Waals surface area contributed by atoms with Gasteiger partial charge in [0.15, 0.2) is 16.6 Å². The zero-order valence-corrected chi connectivity index (χ0v) is 22.6. The number of rotatable bonds is 6. The quantitative estimate of drug-likeness (QED) is 0.356. The van der Waals surface area contributed by atoms with Crippen molar-refractivity contribution in [2.45, 2.75) is 57.6 Å². The summed E-state index contributed by atoms with van der Waals surface area (Å²) in [6.07, 6.45) is 0.457. The van der Waals surface area contributed by atoms with E-state index in [4.69, 9.17) is 0 Å². The van der Waals surface area contributed by atoms with Crippen LogP contribution in [0.4, 0.5) is 17.6 Å². The Labute approximate surface area is 229 Å². The van der Waals surface area contributed by atoms with Crippen LogP contribution < -0.4 is 0 Å². The SMILES string of the molecule is C[C@]12C[C@H](O)[C@@]3(F)[C@@H](C[C@H](F)C4=CC(=O)C=C[C@@]43C)C1C[C@@H](CN(O)Cc1ccc(F)cc1)[C@@H]2C(=O)SCF. The molecule has 0 spiro atoms. The molecule has 4 aliphatic rings. The van der Waals surface area contributed by atoms with E-state index in [2.05, 4.69) is 0 Å². The van der Waals surface area contributed by atoms with Crippen LogP contribution in [0.2, 0.25) is 0 Å². The summed E-state index contributed by atoms with van der Waals surface area (Å²) in [6, 6.07) is 4.65. The zero-order valence-electron chi connectivity index (χ0n) is 21.8. The molecule has 39 heavy (non-hydrogen) atoms. The number of carbonyl (C=O) groups excluding carboxylic acids is 2. The van der Waals surface area contributed by atoms with Crippen LogP contribution >= 0.6 is 11.8 Å². The molecule has 0 heterocycles. The average Bonchev–Trinajstić information content (AvgIpc) is 3.15. The number of carbonyl (C=O) groups is 2. The Hall–Kier alpha value is -2.01. The highest BCUT2D eigenvalue weighted by Gasteiger charge is 2.73. The number of halogens is 4. The highest BCUT2D eigenvalue weighted by molar-refractivity contribution is 8.13. The fourth-order valence-corrected chi connectivity index (χ4v) is 9.06. The highest BCUT2D eigenvalue weighted by atomic mass is 32.2. The molecule has 0 aromatic heterocycles. The van der Waals surface area contributed by atoms with Crippen LogP contribution in [0.5, 0.6) is 0 Å². The summed E-state index contributed by atoms with van der Waals surface area (Å²) in [6.45, 7) is 3.35. The van der Waals surface area contributed by atoms with Gasteiger partial charge in [0.25, 0.3) is 0 Å². The first kappa shape index (κ1) is 28.5. The predicted octanol–water partition coefficient (Wildman–Crippen LogP) is 5.36. The summed E-state index contributed by atoms with van der Waals surface area (Å²) in [4.78, 5) is 25.3. The van der Waals surface area contributed by atoms with Crippen molar-refractivity contribution in [2.24, 2.45) is 34.5 Å². The van der Waals surface area contributed by atoms with Gasteiger partial charge in [-0.3, -0.25) is 9.59 Å². The second-order valence-electron chi connectivity index (χ2n) is 12.0. The number of aliphatic hydroxyl groups excluding tert-OH is 1. The van der Waals surface area contributed by atoms with Crippen molar-refractivity contribution in [3.05, 3.63) is 59.4 Å². The Kier molecular flexibility index (Phi) is 7.40. The van der Waals surface area contributed by atoms with E-state index >= 15 is 8.78 Å². The summed E-state index contributed by atoms with van der Waals surface area (Å²) >= 11 is 0.513. The second kappa shape index (κ2) is 10.1. The van der Waals surface area contributed by atoms with E-state index in [0.29, 0.717) is 17.3 Å². The van der Waals surface area contributed by atoms with E-state index in [1.807, 2.05) is 0 Å². The number of hydrogen-bond donors (Lipinski definition) is 2. The summed E-state index contributed by atoms with van der Waals surface area (Å²) < 4.78 is 59.6. The topological polar surface area (TPSA) is 77.8 Å². The van der Waals surface area contributed by atoms with Crippen molar-refractivity contribution in [1.29, 1.82) is 0 Å². The van der Waals surface area contributed by atoms with Crippen molar-refractivity contribution in [1.82, 2.24) is 5.06 Å². The normalized spacial score (nSPS) is 41.2. The maximum Gasteiger partial charge on any atom is 0.195 e. The Morgan fingerprint density at radius 2 is 1.87 bits per heavy atom. The lowest BCUT2D eigenvalue weighted by atomic mass is 9.45. The molecule has 2 N–H and O–H groups in total. The van der Waals surface area contributed by atoms with Gasteiger partial charge in [0, 0.05) is 30.3 Å². The van der Waals surface area contributed by atoms with Gasteiger partial charge in [-0.1, -0.05) is 36.9 Å². The van der Waals surface area contributed by atoms with Crippen LogP contribution in [0.1, 0.15) is 38.7 Å². The summed E-state index contributed by atoms with van der Waals surface area (Å²) in [5, 5.41) is 22.8. The molecule has 0 aliphatic heterocycles. The van der Waals surface area contributed by atoms with E-state index in [1.165, 1.54) is 43.3 Å². The van der Waals surface area contributed by atoms with Gasteiger partial charge in [0.2, 0.25) is 0 Å². The smallest absolute Gasteiger partial charge is 0.195 e. The van der Waals surface area contributed by atoms with Crippen molar-refractivity contribution in [3.8, 4) is 0 Å². The Bertz CT molecular complexity index is 1210. The number of hydroxylamine groups is 2. The van der Waals surface area contributed by atoms with Gasteiger partial charge in [-0.2, -0.15) is 5.06 Å². The first-order valence-corrected chi connectivity index (χ1v) is 14.2. The van der Waals surface area contributed by atoms with Crippen LogP contribution in [0.3, 0.4) is 0 Å². The zero-order chi connectivity index (χ0) is 28.3. The Balaban J connectivity index is 1.49. The number of fused-ring (bicyclic) bond motifs is 5. The van der Waals surface area contributed by atoms with Gasteiger partial charge in [-0.15, -0.1) is 0 Å². The number of alkyl halides is 3. The van der Waals surface area contributed by atoms with Crippen LogP contribution in [0.25, 0.3) is 0 Å². The standard InChI is InChI=1S/C29H33F4NO4S/c1-27-12-24(36)29(33)21(11-23(32)22-10-19(35)7-8-28(22,29)2)20(27)9-17(25(27)26(37)39-15-30)14-34(38)13-16-3-5-18(31)6-4-16/h3-8,10,17,20-21,23-25,36,38H,9,11-15H2,1-2H3/t17-,20?,21-,23-,24-,25+,27-,28-,29-/m0/s1. The molecule has 9 atom stereocenters. The number of benzene rings is 1. The van der Waals surface area contributed by atoms with Crippen molar-refractivity contribution in [3.63, 3.8) is 0 Å². The molecule has 3 fully saturated rings. The molecule has 3 saturated carbocycles. The van der Waals surface area contributed by atoms with Crippen LogP contribution in [0.15, 0.2) is 48.1 Å². The third kappa shape index (κ3) is 4.42. The minimum atomic E-state index is -2.29. The maximum atomic E-state index is 17.4. The molecule has 1 unspecified atom stereocenters. The average molecular weight is 568 g/mol. The van der Waals surface area contributed by atoms with E-state index in [0.717, 1.165) is 11.1 Å². The molecule has 212 valence electrons. The second-order valence-corrected chi connectivity index (χ2v) is 12.9. The van der Waals surface area contributed by atoms with Crippen LogP contribution in [-0.2, 0) is 16.1 Å². The van der Waals surface area contributed by atoms with Crippen LogP contribution in [-0.4, -0.2) is 56.8 Å². The van der Waals surface area contributed by atoms with Gasteiger partial charge in [-0.05, 0) is 78.9 Å². The lowest BCUT2D eigenvalue weighted by molar-refractivity contribution is -0.201. The lowest BCUT2D eigenvalue weighted by Crippen LogP contribution is -2.68. The molecule has 5 rings (SSSR count). The van der Waals surface area contributed by atoms with Gasteiger partial charge in [-0.25, -0.2) is 17.6 Å². The van der Waals surface area contributed by atoms with E-state index in [9.17, 15) is 28.7 Å². The molecule has 1 aromatic carbocycles. The number of aliphatic hydroxyl groups is 1. The number of hydrogen-bond acceptors (Lipinski definition) is 6. The molecule has 0 radical (unpaired) electrons. The summed E-state index contributed by atoms with van der Waals surface area (Å²) in [5.41, 5.74) is -4.14. The molecule has 1 aromatic rings. The molecule has 4 aliphatic carbocycles. The number of thioether (sulfide) groups is 1. The molecule has 10 heteroatoms. The molecule has 0 bridgehead atoms. The first-order valence-electron chi connectivity index (χ1n) is 13.2. The Morgan fingerprint density at radius 3 is 2.54 bits per heavy atom. The van der Waals surface area contributed by atoms with Gasteiger partial charge in [0.05, 0.1) is 6.10 Å². The number of nitrogens with zero attached hydrogens (tertiary/aromatic N) is 1. The number of allylic oxidation sites excluding steroid dienone is 4. The molecule has 0 amide bonds. The minimum Gasteiger partial charge on any atom is -0.390 e. The van der Waals surface area contributed by atoms with Gasteiger partial charge in [0.1, 0.15) is 18.0 Å². The van der Waals surface area contributed by atoms with Gasteiger partial charge >= 0.3 is 0 Å². The van der Waals surface area contributed by atoms with Crippen molar-refractivity contribution in [2.75, 3.05) is 12.6 Å². The molecular weight excluding hydrogens is 534 g/mol. The van der Waals surface area contributed by atoms with Gasteiger partial charge < -0.3 is 10.3 Å². The molecular formula is C29H33F4NO4S. The number of ketones is 1. The summed E-state index contributed by atoms with van der Waals surface area (Å²) in [7, 11) is 0. The third-order valence-electron chi connectivity index (χ3n) is 9.98. The molecule has 5 nitrogen and oxygen atoms in total. The predicted molar refractivity (Wildman–Crippen MR) is 138 cm³/mol. The third-order valence-corrected chi connectivity index (χ3v) is 10.6. The fourth-order valence-electron chi connectivity index (χ4n) is 8.31. The summed E-state index contributed by atoms with van der Waals surface area (Å²) in [5.74, 6) is -3.68. The van der Waals surface area contributed by atoms with E-state index in [1.54, 1.807) is 6.92 Å². The van der Waals surface area contributed by atoms with Crippen molar-refractivity contribution >= 4 is 22.7 Å². The molecule has 0 saturated heterocycles. The largest absolute Gasteiger partial charge is 0.390 e. The maximum absolute atomic E-state index is 17.4. The fraction of sp³-hybridized carbons (Fsp3) is 0.586. The van der Waals surface area contributed by atoms with Crippen molar-refractivity contribution < 1.29 is 37.5 Å². The monoisotopic (exact) mass is 567 g/mol. The lowest BCUT2D eigenvalue weighted by Gasteiger charge is -2.62. The first-order chi connectivity index (χ1) is 18.3. The van der Waals surface area contributed by atoms with Crippen LogP contribution in [0, 0.1) is 40.3 Å². The van der Waals surface area contributed by atoms with E-state index in [-0.39, 0.29) is 37.9 Å². The minimum absolute atomic E-state index is 0.00466.